The van der Waals surface area contributed by atoms with Gasteiger partial charge in [-0.25, -0.2) is 0 Å². The summed E-state index contributed by atoms with van der Waals surface area (Å²) in [5, 5.41) is 27.6. The monoisotopic (exact) mass is 335 g/mol. The number of unbranched alkanes of at least 4 members (excludes halogenated alkanes) is 4. The third-order valence-corrected chi connectivity index (χ3v) is 3.61. The molecule has 1 aromatic rings. The van der Waals surface area contributed by atoms with Crippen LogP contribution in [-0.2, 0) is 16.1 Å². The first-order valence-electron chi connectivity index (χ1n) is 8.09. The number of carbonyl (C=O) groups excluding carboxylic acids is 1. The van der Waals surface area contributed by atoms with Gasteiger partial charge in [0.1, 0.15) is 12.5 Å². The van der Waals surface area contributed by atoms with E-state index < -0.39 is 12.7 Å². The number of allylic oxidation sites excluding steroid dienone is 1. The molecule has 0 aliphatic heterocycles. The predicted octanol–water partition coefficient (Wildman–Crippen LogP) is 2.65. The lowest BCUT2D eigenvalue weighted by molar-refractivity contribution is -0.137. The summed E-state index contributed by atoms with van der Waals surface area (Å²) in [7, 11) is 0. The number of para-hydroxylation sites is 1. The Morgan fingerprint density at radius 1 is 1.08 bits per heavy atom. The van der Waals surface area contributed by atoms with Gasteiger partial charge in [-0.2, -0.15) is 0 Å². The first kappa shape index (κ1) is 19.7. The zero-order valence-electron chi connectivity index (χ0n) is 13.7. The van der Waals surface area contributed by atoms with Crippen molar-refractivity contribution in [1.29, 1.82) is 0 Å². The highest BCUT2D eigenvalue weighted by Gasteiger charge is 2.11. The van der Waals surface area contributed by atoms with E-state index in [4.69, 9.17) is 5.11 Å². The number of amides is 1. The summed E-state index contributed by atoms with van der Waals surface area (Å²) in [6, 6.07) is 6.69. The van der Waals surface area contributed by atoms with Crippen LogP contribution in [0.1, 0.15) is 44.1 Å². The fourth-order valence-corrected chi connectivity index (χ4v) is 2.23. The van der Waals surface area contributed by atoms with E-state index in [0.717, 1.165) is 25.7 Å². The van der Waals surface area contributed by atoms with Crippen LogP contribution >= 0.6 is 0 Å². The molecule has 0 aliphatic rings. The number of hydrogen-bond donors (Lipinski definition) is 3. The van der Waals surface area contributed by atoms with Crippen LogP contribution in [0.2, 0.25) is 0 Å². The molecule has 1 rings (SSSR count). The Bertz CT molecular complexity index is 556. The second-order valence-electron chi connectivity index (χ2n) is 5.56. The van der Waals surface area contributed by atoms with Crippen LogP contribution in [0.4, 0.5) is 0 Å². The van der Waals surface area contributed by atoms with E-state index >= 15 is 0 Å². The minimum Gasteiger partial charge on any atom is -0.508 e. The van der Waals surface area contributed by atoms with Crippen molar-refractivity contribution in [3.05, 3.63) is 42.0 Å². The Morgan fingerprint density at radius 2 is 1.79 bits per heavy atom. The molecule has 0 bridgehead atoms. The van der Waals surface area contributed by atoms with Crippen LogP contribution < -0.4 is 0 Å². The molecular weight excluding hydrogens is 310 g/mol. The van der Waals surface area contributed by atoms with Gasteiger partial charge in [0, 0.05) is 12.0 Å². The average Bonchev–Trinajstić information content (AvgIpc) is 2.56. The number of carbonyl (C=O) groups is 2. The maximum atomic E-state index is 12.0. The number of aliphatic hydroxyl groups excluding tert-OH is 1. The molecule has 0 saturated heterocycles. The zero-order valence-corrected chi connectivity index (χ0v) is 13.7. The van der Waals surface area contributed by atoms with Crippen LogP contribution in [0.3, 0.4) is 0 Å². The first-order valence-corrected chi connectivity index (χ1v) is 8.09. The quantitative estimate of drug-likeness (QED) is 0.328. The van der Waals surface area contributed by atoms with Crippen molar-refractivity contribution in [2.75, 3.05) is 6.73 Å². The molecule has 132 valence electrons. The van der Waals surface area contributed by atoms with Gasteiger partial charge in [0.05, 0.1) is 6.54 Å². The normalized spacial score (nSPS) is 10.9. The smallest absolute Gasteiger partial charge is 0.303 e. The third kappa shape index (κ3) is 7.78. The second-order valence-corrected chi connectivity index (χ2v) is 5.56. The molecule has 6 nitrogen and oxygen atoms in total. The van der Waals surface area contributed by atoms with Crippen molar-refractivity contribution in [1.82, 2.24) is 4.90 Å². The van der Waals surface area contributed by atoms with Crippen LogP contribution in [0, 0.1) is 0 Å². The van der Waals surface area contributed by atoms with Crippen LogP contribution in [0.5, 0.6) is 5.75 Å². The lowest BCUT2D eigenvalue weighted by atomic mass is 10.1. The fraction of sp³-hybridized carbons (Fsp3) is 0.444. The van der Waals surface area contributed by atoms with Gasteiger partial charge in [-0.1, -0.05) is 37.1 Å². The number of phenolic OH excluding ortho intramolecular Hbond substituents is 1. The Hall–Kier alpha value is -2.34. The number of aromatic hydroxyl groups is 1. The highest BCUT2D eigenvalue weighted by atomic mass is 16.4. The van der Waals surface area contributed by atoms with E-state index in [0.29, 0.717) is 12.0 Å². The molecule has 0 heterocycles. The number of hydrogen-bond acceptors (Lipinski definition) is 4. The molecule has 0 radical (unpaired) electrons. The average molecular weight is 335 g/mol. The molecule has 0 atom stereocenters. The number of carboxylic acids is 1. The van der Waals surface area contributed by atoms with Gasteiger partial charge in [-0.05, 0) is 31.4 Å². The Kier molecular flexibility index (Phi) is 9.23. The summed E-state index contributed by atoms with van der Waals surface area (Å²) in [5.41, 5.74) is 0.576. The lowest BCUT2D eigenvalue weighted by Gasteiger charge is -2.18. The minimum absolute atomic E-state index is 0.0918. The molecule has 6 heteroatoms. The van der Waals surface area contributed by atoms with Gasteiger partial charge in [-0.3, -0.25) is 9.59 Å². The van der Waals surface area contributed by atoms with Crippen LogP contribution in [-0.4, -0.2) is 38.8 Å². The van der Waals surface area contributed by atoms with Gasteiger partial charge in [0.2, 0.25) is 5.91 Å². The van der Waals surface area contributed by atoms with E-state index in [-0.39, 0.29) is 24.6 Å². The Balaban J connectivity index is 2.31. The maximum Gasteiger partial charge on any atom is 0.303 e. The SMILES string of the molecule is O=C(O)CCCCCC/C=C/C(=O)N(CO)Cc1ccccc1O. The molecule has 0 spiro atoms. The highest BCUT2D eigenvalue weighted by molar-refractivity contribution is 5.87. The fourth-order valence-electron chi connectivity index (χ4n) is 2.23. The standard InChI is InChI=1S/C18H25NO5/c20-14-19(13-15-9-7-8-10-16(15)21)17(22)11-5-3-1-2-4-6-12-18(23)24/h5,7-11,20-21H,1-4,6,12-14H2,(H,23,24)/b11-5+. The van der Waals surface area contributed by atoms with Gasteiger partial charge in [0.15, 0.2) is 0 Å². The van der Waals surface area contributed by atoms with Crippen molar-refractivity contribution in [3.8, 4) is 5.75 Å². The van der Waals surface area contributed by atoms with Gasteiger partial charge >= 0.3 is 5.97 Å². The van der Waals surface area contributed by atoms with E-state index in [2.05, 4.69) is 0 Å². The van der Waals surface area contributed by atoms with Gasteiger partial charge < -0.3 is 20.2 Å². The molecule has 0 fully saturated rings. The van der Waals surface area contributed by atoms with Crippen molar-refractivity contribution in [2.45, 2.75) is 45.1 Å². The van der Waals surface area contributed by atoms with Crippen LogP contribution in [0.15, 0.2) is 36.4 Å². The Labute approximate surface area is 142 Å². The summed E-state index contributed by atoms with van der Waals surface area (Å²) < 4.78 is 0. The zero-order chi connectivity index (χ0) is 17.8. The van der Waals surface area contributed by atoms with E-state index in [1.807, 2.05) is 0 Å². The molecule has 0 unspecified atom stereocenters. The number of carboxylic acid groups (broad SMARTS) is 1. The third-order valence-electron chi connectivity index (χ3n) is 3.61. The van der Waals surface area contributed by atoms with E-state index in [9.17, 15) is 19.8 Å². The summed E-state index contributed by atoms with van der Waals surface area (Å²) in [5.74, 6) is -0.991. The van der Waals surface area contributed by atoms with Gasteiger partial charge in [-0.15, -0.1) is 0 Å². The van der Waals surface area contributed by atoms with Crippen LogP contribution in [0.25, 0.3) is 0 Å². The number of phenols is 1. The molecule has 0 saturated carbocycles. The van der Waals surface area contributed by atoms with Crippen molar-refractivity contribution < 1.29 is 24.9 Å². The first-order chi connectivity index (χ1) is 11.5. The van der Waals surface area contributed by atoms with Gasteiger partial charge in [0.25, 0.3) is 0 Å². The second kappa shape index (κ2) is 11.2. The number of benzene rings is 1. The molecule has 24 heavy (non-hydrogen) atoms. The van der Waals surface area contributed by atoms with Crippen molar-refractivity contribution in [3.63, 3.8) is 0 Å². The molecule has 0 aromatic heterocycles. The topological polar surface area (TPSA) is 98.1 Å². The summed E-state index contributed by atoms with van der Waals surface area (Å²) in [6.07, 6.45) is 7.47. The number of aliphatic hydroxyl groups is 1. The maximum absolute atomic E-state index is 12.0. The predicted molar refractivity (Wildman–Crippen MR) is 90.2 cm³/mol. The van der Waals surface area contributed by atoms with E-state index in [1.54, 1.807) is 24.3 Å². The molecule has 1 amide bonds. The lowest BCUT2D eigenvalue weighted by Crippen LogP contribution is -2.29. The largest absolute Gasteiger partial charge is 0.508 e. The highest BCUT2D eigenvalue weighted by Crippen LogP contribution is 2.17. The molecule has 0 aliphatic carbocycles. The summed E-state index contributed by atoms with van der Waals surface area (Å²) in [6.45, 7) is -0.284. The summed E-state index contributed by atoms with van der Waals surface area (Å²) in [4.78, 5) is 23.6. The van der Waals surface area contributed by atoms with Crippen molar-refractivity contribution in [2.24, 2.45) is 0 Å². The molecule has 1 aromatic carbocycles. The molecule has 3 N–H and O–H groups in total. The van der Waals surface area contributed by atoms with Crippen molar-refractivity contribution >= 4 is 11.9 Å². The number of aliphatic carboxylic acids is 1. The number of rotatable bonds is 11. The van der Waals surface area contributed by atoms with E-state index in [1.165, 1.54) is 17.0 Å². The number of nitrogens with zero attached hydrogens (tertiary/aromatic N) is 1. The summed E-state index contributed by atoms with van der Waals surface area (Å²) >= 11 is 0. The minimum atomic E-state index is -0.769. The Morgan fingerprint density at radius 3 is 2.46 bits per heavy atom. The molecular formula is C18H25NO5.